The maximum absolute atomic E-state index is 8.99. The van der Waals surface area contributed by atoms with Gasteiger partial charge in [-0.1, -0.05) is 17.7 Å². The number of rotatable bonds is 4. The molecule has 0 fully saturated rings. The van der Waals surface area contributed by atoms with Crippen molar-refractivity contribution in [1.29, 1.82) is 5.26 Å². The SMILES string of the molecule is COc1ccc(C#N)cc1CSc1cc(C)ccc1C. The molecule has 0 amide bonds. The van der Waals surface area contributed by atoms with Crippen molar-refractivity contribution in [2.24, 2.45) is 0 Å². The lowest BCUT2D eigenvalue weighted by Gasteiger charge is -2.10. The fourth-order valence-electron chi connectivity index (χ4n) is 1.98. The third kappa shape index (κ3) is 3.34. The van der Waals surface area contributed by atoms with Crippen molar-refractivity contribution in [2.75, 3.05) is 7.11 Å². The molecule has 0 saturated heterocycles. The molecular formula is C17H17NOS. The molecule has 0 heterocycles. The Morgan fingerprint density at radius 3 is 2.65 bits per heavy atom. The van der Waals surface area contributed by atoms with Gasteiger partial charge in [0.25, 0.3) is 0 Å². The van der Waals surface area contributed by atoms with Crippen molar-refractivity contribution in [3.05, 3.63) is 58.7 Å². The highest BCUT2D eigenvalue weighted by Crippen LogP contribution is 2.31. The van der Waals surface area contributed by atoms with Gasteiger partial charge in [0.1, 0.15) is 5.75 Å². The summed E-state index contributed by atoms with van der Waals surface area (Å²) < 4.78 is 5.36. The van der Waals surface area contributed by atoms with Crippen LogP contribution in [0.4, 0.5) is 0 Å². The average molecular weight is 283 g/mol. The van der Waals surface area contributed by atoms with E-state index in [1.807, 2.05) is 12.1 Å². The van der Waals surface area contributed by atoms with E-state index in [1.165, 1.54) is 16.0 Å². The molecule has 2 nitrogen and oxygen atoms in total. The minimum absolute atomic E-state index is 0.669. The first-order chi connectivity index (χ1) is 9.63. The highest BCUT2D eigenvalue weighted by Gasteiger charge is 2.07. The molecule has 2 aromatic rings. The molecule has 0 aliphatic rings. The van der Waals surface area contributed by atoms with E-state index in [4.69, 9.17) is 10.00 Å². The van der Waals surface area contributed by atoms with E-state index in [0.29, 0.717) is 5.56 Å². The Labute approximate surface area is 124 Å². The van der Waals surface area contributed by atoms with Crippen LogP contribution in [0.1, 0.15) is 22.3 Å². The molecule has 0 aromatic heterocycles. The first-order valence-corrected chi connectivity index (χ1v) is 7.39. The summed E-state index contributed by atoms with van der Waals surface area (Å²) >= 11 is 1.77. The van der Waals surface area contributed by atoms with Crippen LogP contribution in [0.3, 0.4) is 0 Å². The topological polar surface area (TPSA) is 33.0 Å². The van der Waals surface area contributed by atoms with Gasteiger partial charge >= 0.3 is 0 Å². The van der Waals surface area contributed by atoms with Crippen LogP contribution < -0.4 is 4.74 Å². The molecule has 0 aliphatic carbocycles. The van der Waals surface area contributed by atoms with Crippen molar-refractivity contribution >= 4 is 11.8 Å². The Morgan fingerprint density at radius 2 is 1.95 bits per heavy atom. The van der Waals surface area contributed by atoms with Crippen LogP contribution in [0.15, 0.2) is 41.3 Å². The predicted molar refractivity (Wildman–Crippen MR) is 83.2 cm³/mol. The van der Waals surface area contributed by atoms with E-state index < -0.39 is 0 Å². The predicted octanol–water partition coefficient (Wildman–Crippen LogP) is 4.48. The molecule has 0 N–H and O–H groups in total. The van der Waals surface area contributed by atoms with E-state index >= 15 is 0 Å². The average Bonchev–Trinajstić information content (AvgIpc) is 2.47. The molecule has 0 aliphatic heterocycles. The Kier molecular flexibility index (Phi) is 4.70. The quantitative estimate of drug-likeness (QED) is 0.776. The van der Waals surface area contributed by atoms with Gasteiger partial charge in [-0.25, -0.2) is 0 Å². The monoisotopic (exact) mass is 283 g/mol. The smallest absolute Gasteiger partial charge is 0.122 e. The molecular weight excluding hydrogens is 266 g/mol. The van der Waals surface area contributed by atoms with Crippen molar-refractivity contribution < 1.29 is 4.74 Å². The first-order valence-electron chi connectivity index (χ1n) is 6.41. The minimum Gasteiger partial charge on any atom is -0.496 e. The lowest BCUT2D eigenvalue weighted by atomic mass is 10.1. The van der Waals surface area contributed by atoms with Crippen LogP contribution >= 0.6 is 11.8 Å². The summed E-state index contributed by atoms with van der Waals surface area (Å²) in [6, 6.07) is 14.2. The first kappa shape index (κ1) is 14.5. The van der Waals surface area contributed by atoms with Crippen LogP contribution in [0, 0.1) is 25.2 Å². The molecule has 2 aromatic carbocycles. The number of nitrogens with zero attached hydrogens (tertiary/aromatic N) is 1. The fourth-order valence-corrected chi connectivity index (χ4v) is 3.08. The van der Waals surface area contributed by atoms with Crippen LogP contribution in [0.5, 0.6) is 5.75 Å². The molecule has 102 valence electrons. The second kappa shape index (κ2) is 6.49. The number of benzene rings is 2. The molecule has 0 spiro atoms. The molecule has 20 heavy (non-hydrogen) atoms. The Morgan fingerprint density at radius 1 is 1.15 bits per heavy atom. The number of methoxy groups -OCH3 is 1. The molecule has 0 unspecified atom stereocenters. The second-order valence-electron chi connectivity index (χ2n) is 4.70. The maximum Gasteiger partial charge on any atom is 0.122 e. The van der Waals surface area contributed by atoms with E-state index in [1.54, 1.807) is 24.9 Å². The van der Waals surface area contributed by atoms with Crippen molar-refractivity contribution in [2.45, 2.75) is 24.5 Å². The van der Waals surface area contributed by atoms with Gasteiger partial charge in [-0.3, -0.25) is 0 Å². The summed E-state index contributed by atoms with van der Waals surface area (Å²) in [6.07, 6.45) is 0. The van der Waals surface area contributed by atoms with Crippen molar-refractivity contribution in [3.8, 4) is 11.8 Å². The fraction of sp³-hybridized carbons (Fsp3) is 0.235. The lowest BCUT2D eigenvalue weighted by Crippen LogP contribution is -1.92. The summed E-state index contributed by atoms with van der Waals surface area (Å²) in [4.78, 5) is 1.27. The molecule has 0 atom stereocenters. The second-order valence-corrected chi connectivity index (χ2v) is 5.71. The van der Waals surface area contributed by atoms with Gasteiger partial charge in [0.15, 0.2) is 0 Å². The zero-order chi connectivity index (χ0) is 14.5. The minimum atomic E-state index is 0.669. The summed E-state index contributed by atoms with van der Waals surface area (Å²) in [5.74, 6) is 1.63. The summed E-state index contributed by atoms with van der Waals surface area (Å²) in [5.41, 5.74) is 4.26. The summed E-state index contributed by atoms with van der Waals surface area (Å²) in [5, 5.41) is 8.99. The van der Waals surface area contributed by atoms with Gasteiger partial charge in [-0.2, -0.15) is 5.26 Å². The highest BCUT2D eigenvalue weighted by molar-refractivity contribution is 7.98. The van der Waals surface area contributed by atoms with Gasteiger partial charge in [-0.15, -0.1) is 11.8 Å². The number of hydrogen-bond donors (Lipinski definition) is 0. The Hall–Kier alpha value is -1.92. The zero-order valence-electron chi connectivity index (χ0n) is 11.9. The van der Waals surface area contributed by atoms with E-state index in [-0.39, 0.29) is 0 Å². The van der Waals surface area contributed by atoms with E-state index in [2.05, 4.69) is 38.1 Å². The van der Waals surface area contributed by atoms with Gasteiger partial charge in [0.2, 0.25) is 0 Å². The molecule has 0 saturated carbocycles. The molecule has 0 bridgehead atoms. The zero-order valence-corrected chi connectivity index (χ0v) is 12.8. The number of aryl methyl sites for hydroxylation is 2. The van der Waals surface area contributed by atoms with Gasteiger partial charge < -0.3 is 4.74 Å². The molecule has 3 heteroatoms. The highest BCUT2D eigenvalue weighted by atomic mass is 32.2. The summed E-state index contributed by atoms with van der Waals surface area (Å²) in [7, 11) is 1.66. The third-order valence-corrected chi connectivity index (χ3v) is 4.34. The van der Waals surface area contributed by atoms with Crippen LogP contribution in [-0.2, 0) is 5.75 Å². The van der Waals surface area contributed by atoms with E-state index in [9.17, 15) is 0 Å². The lowest BCUT2D eigenvalue weighted by molar-refractivity contribution is 0.411. The number of nitriles is 1. The standard InChI is InChI=1S/C17H17NOS/c1-12-4-5-13(2)17(8-12)20-11-15-9-14(10-18)6-7-16(15)19-3/h4-9H,11H2,1-3H3. The number of thioether (sulfide) groups is 1. The third-order valence-electron chi connectivity index (χ3n) is 3.14. The van der Waals surface area contributed by atoms with Crippen LogP contribution in [-0.4, -0.2) is 7.11 Å². The van der Waals surface area contributed by atoms with Crippen LogP contribution in [0.25, 0.3) is 0 Å². The number of ether oxygens (including phenoxy) is 1. The van der Waals surface area contributed by atoms with E-state index in [0.717, 1.165) is 17.1 Å². The van der Waals surface area contributed by atoms with Gasteiger partial charge in [-0.05, 0) is 43.7 Å². The van der Waals surface area contributed by atoms with Gasteiger partial charge in [0.05, 0.1) is 18.7 Å². The molecule has 2 rings (SSSR count). The Balaban J connectivity index is 2.22. The maximum atomic E-state index is 8.99. The van der Waals surface area contributed by atoms with Crippen molar-refractivity contribution in [3.63, 3.8) is 0 Å². The summed E-state index contributed by atoms with van der Waals surface area (Å²) in [6.45, 7) is 4.21. The molecule has 0 radical (unpaired) electrons. The Bertz CT molecular complexity index is 659. The normalized spacial score (nSPS) is 10.1. The number of hydrogen-bond acceptors (Lipinski definition) is 3. The van der Waals surface area contributed by atoms with Crippen LogP contribution in [0.2, 0.25) is 0 Å². The van der Waals surface area contributed by atoms with Gasteiger partial charge in [0, 0.05) is 16.2 Å². The largest absolute Gasteiger partial charge is 0.496 e. The van der Waals surface area contributed by atoms with Crippen molar-refractivity contribution in [1.82, 2.24) is 0 Å².